The lowest BCUT2D eigenvalue weighted by Crippen LogP contribution is -2.39. The van der Waals surface area contributed by atoms with E-state index in [-0.39, 0.29) is 5.97 Å². The zero-order valence-corrected chi connectivity index (χ0v) is 10.6. The van der Waals surface area contributed by atoms with Gasteiger partial charge in [-0.15, -0.1) is 0 Å². The van der Waals surface area contributed by atoms with E-state index in [9.17, 15) is 4.79 Å². The summed E-state index contributed by atoms with van der Waals surface area (Å²) in [5.41, 5.74) is 0. The molecule has 1 unspecified atom stereocenters. The van der Waals surface area contributed by atoms with E-state index in [0.717, 1.165) is 6.54 Å². The molecular weight excluding hydrogens is 202 g/mol. The molecule has 1 aliphatic carbocycles. The zero-order chi connectivity index (χ0) is 11.8. The number of carbonyl (C=O) groups is 1. The van der Waals surface area contributed by atoms with E-state index < -0.39 is 0 Å². The molecule has 1 N–H and O–H groups in total. The van der Waals surface area contributed by atoms with Crippen LogP contribution in [-0.4, -0.2) is 25.2 Å². The van der Waals surface area contributed by atoms with Gasteiger partial charge >= 0.3 is 5.97 Å². The van der Waals surface area contributed by atoms with E-state index in [1.165, 1.54) is 32.1 Å². The third-order valence-electron chi connectivity index (χ3n) is 3.38. The SMILES string of the molecule is CCNC(CC(=O)OCC)C1CCCCC1. The molecule has 0 aromatic heterocycles. The second-order valence-corrected chi connectivity index (χ2v) is 4.57. The van der Waals surface area contributed by atoms with Crippen LogP contribution < -0.4 is 5.32 Å². The van der Waals surface area contributed by atoms with Crippen LogP contribution in [0.4, 0.5) is 0 Å². The van der Waals surface area contributed by atoms with Crippen molar-refractivity contribution in [2.45, 2.75) is 58.4 Å². The fourth-order valence-electron chi connectivity index (χ4n) is 2.60. The molecule has 1 saturated carbocycles. The summed E-state index contributed by atoms with van der Waals surface area (Å²) in [7, 11) is 0. The topological polar surface area (TPSA) is 38.3 Å². The third kappa shape index (κ3) is 4.52. The summed E-state index contributed by atoms with van der Waals surface area (Å²) in [6.07, 6.45) is 7.04. The van der Waals surface area contributed by atoms with Gasteiger partial charge in [0.2, 0.25) is 0 Å². The van der Waals surface area contributed by atoms with Gasteiger partial charge in [-0.3, -0.25) is 4.79 Å². The summed E-state index contributed by atoms with van der Waals surface area (Å²) in [5, 5.41) is 3.44. The third-order valence-corrected chi connectivity index (χ3v) is 3.38. The second kappa shape index (κ2) is 7.66. The number of hydrogen-bond donors (Lipinski definition) is 1. The fraction of sp³-hybridized carbons (Fsp3) is 0.923. The minimum atomic E-state index is -0.0565. The number of rotatable bonds is 6. The van der Waals surface area contributed by atoms with Gasteiger partial charge in [-0.25, -0.2) is 0 Å². The van der Waals surface area contributed by atoms with Crippen molar-refractivity contribution in [2.75, 3.05) is 13.2 Å². The van der Waals surface area contributed by atoms with Crippen LogP contribution in [0.2, 0.25) is 0 Å². The van der Waals surface area contributed by atoms with Gasteiger partial charge in [0, 0.05) is 6.04 Å². The molecule has 0 aromatic rings. The smallest absolute Gasteiger partial charge is 0.307 e. The molecule has 1 atom stereocenters. The zero-order valence-electron chi connectivity index (χ0n) is 10.6. The van der Waals surface area contributed by atoms with E-state index in [2.05, 4.69) is 12.2 Å². The maximum atomic E-state index is 11.5. The molecule has 0 bridgehead atoms. The van der Waals surface area contributed by atoms with Crippen molar-refractivity contribution in [2.24, 2.45) is 5.92 Å². The maximum Gasteiger partial charge on any atom is 0.307 e. The standard InChI is InChI=1S/C13H25NO2/c1-3-14-12(10-13(15)16-4-2)11-8-6-5-7-9-11/h11-12,14H,3-10H2,1-2H3. The molecule has 3 nitrogen and oxygen atoms in total. The van der Waals surface area contributed by atoms with Crippen LogP contribution in [0.25, 0.3) is 0 Å². The molecule has 0 aliphatic heterocycles. The Kier molecular flexibility index (Phi) is 6.46. The van der Waals surface area contributed by atoms with E-state index in [1.54, 1.807) is 0 Å². The molecule has 0 spiro atoms. The Morgan fingerprint density at radius 1 is 1.31 bits per heavy atom. The first kappa shape index (κ1) is 13.5. The van der Waals surface area contributed by atoms with Crippen molar-refractivity contribution < 1.29 is 9.53 Å². The van der Waals surface area contributed by atoms with Crippen LogP contribution >= 0.6 is 0 Å². The highest BCUT2D eigenvalue weighted by atomic mass is 16.5. The Morgan fingerprint density at radius 2 is 2.00 bits per heavy atom. The summed E-state index contributed by atoms with van der Waals surface area (Å²) in [5.74, 6) is 0.608. The quantitative estimate of drug-likeness (QED) is 0.709. The first-order chi connectivity index (χ1) is 7.77. The molecule has 1 aliphatic rings. The first-order valence-corrected chi connectivity index (χ1v) is 6.66. The number of carbonyl (C=O) groups excluding carboxylic acids is 1. The van der Waals surface area contributed by atoms with Gasteiger partial charge in [-0.1, -0.05) is 26.2 Å². The van der Waals surface area contributed by atoms with Gasteiger partial charge in [-0.2, -0.15) is 0 Å². The second-order valence-electron chi connectivity index (χ2n) is 4.57. The normalized spacial score (nSPS) is 19.4. The number of esters is 1. The van der Waals surface area contributed by atoms with Crippen LogP contribution in [-0.2, 0) is 9.53 Å². The molecule has 0 aromatic carbocycles. The van der Waals surface area contributed by atoms with Crippen molar-refractivity contribution in [1.29, 1.82) is 0 Å². The monoisotopic (exact) mass is 227 g/mol. The number of hydrogen-bond acceptors (Lipinski definition) is 3. The average Bonchev–Trinajstić information content (AvgIpc) is 2.30. The Morgan fingerprint density at radius 3 is 2.56 bits per heavy atom. The molecule has 94 valence electrons. The molecular formula is C13H25NO2. The predicted octanol–water partition coefficient (Wildman–Crippen LogP) is 2.50. The van der Waals surface area contributed by atoms with Gasteiger partial charge in [0.25, 0.3) is 0 Å². The van der Waals surface area contributed by atoms with Gasteiger partial charge < -0.3 is 10.1 Å². The van der Waals surface area contributed by atoms with E-state index in [4.69, 9.17) is 4.74 Å². The van der Waals surface area contributed by atoms with Crippen molar-refractivity contribution in [1.82, 2.24) is 5.32 Å². The van der Waals surface area contributed by atoms with Gasteiger partial charge in [0.05, 0.1) is 13.0 Å². The van der Waals surface area contributed by atoms with Crippen LogP contribution in [0, 0.1) is 5.92 Å². The van der Waals surface area contributed by atoms with Crippen molar-refractivity contribution in [3.05, 3.63) is 0 Å². The fourth-order valence-corrected chi connectivity index (χ4v) is 2.60. The largest absolute Gasteiger partial charge is 0.466 e. The molecule has 0 saturated heterocycles. The highest BCUT2D eigenvalue weighted by Gasteiger charge is 2.25. The maximum absolute atomic E-state index is 11.5. The molecule has 0 radical (unpaired) electrons. The molecule has 1 fully saturated rings. The van der Waals surface area contributed by atoms with E-state index >= 15 is 0 Å². The molecule has 1 rings (SSSR count). The predicted molar refractivity (Wildman–Crippen MR) is 65.3 cm³/mol. The molecule has 3 heteroatoms. The summed E-state index contributed by atoms with van der Waals surface area (Å²) < 4.78 is 5.03. The van der Waals surface area contributed by atoms with Gasteiger partial charge in [0.1, 0.15) is 0 Å². The van der Waals surface area contributed by atoms with Gasteiger partial charge in [-0.05, 0) is 32.2 Å². The van der Waals surface area contributed by atoms with Crippen LogP contribution in [0.5, 0.6) is 0 Å². The molecule has 0 heterocycles. The average molecular weight is 227 g/mol. The van der Waals surface area contributed by atoms with E-state index in [1.807, 2.05) is 6.92 Å². The molecule has 16 heavy (non-hydrogen) atoms. The van der Waals surface area contributed by atoms with Crippen LogP contribution in [0.1, 0.15) is 52.4 Å². The highest BCUT2D eigenvalue weighted by Crippen LogP contribution is 2.27. The van der Waals surface area contributed by atoms with Gasteiger partial charge in [0.15, 0.2) is 0 Å². The number of ether oxygens (including phenoxy) is 1. The Balaban J connectivity index is 2.41. The minimum absolute atomic E-state index is 0.0565. The van der Waals surface area contributed by atoms with Crippen molar-refractivity contribution in [3.63, 3.8) is 0 Å². The van der Waals surface area contributed by atoms with Crippen LogP contribution in [0.15, 0.2) is 0 Å². The molecule has 0 amide bonds. The lowest BCUT2D eigenvalue weighted by molar-refractivity contribution is -0.144. The lowest BCUT2D eigenvalue weighted by atomic mass is 9.82. The Bertz CT molecular complexity index is 200. The summed E-state index contributed by atoms with van der Waals surface area (Å²) in [6.45, 7) is 5.38. The van der Waals surface area contributed by atoms with Crippen LogP contribution in [0.3, 0.4) is 0 Å². The van der Waals surface area contributed by atoms with Crippen molar-refractivity contribution >= 4 is 5.97 Å². The first-order valence-electron chi connectivity index (χ1n) is 6.66. The Hall–Kier alpha value is -0.570. The van der Waals surface area contributed by atoms with E-state index in [0.29, 0.717) is 25.0 Å². The highest BCUT2D eigenvalue weighted by molar-refractivity contribution is 5.70. The summed E-state index contributed by atoms with van der Waals surface area (Å²) >= 11 is 0. The minimum Gasteiger partial charge on any atom is -0.466 e. The summed E-state index contributed by atoms with van der Waals surface area (Å²) in [4.78, 5) is 11.5. The Labute approximate surface area is 98.9 Å². The van der Waals surface area contributed by atoms with Crippen molar-refractivity contribution in [3.8, 4) is 0 Å². The number of nitrogens with one attached hydrogen (secondary N) is 1. The summed E-state index contributed by atoms with van der Waals surface area (Å²) in [6, 6.07) is 0.323. The lowest BCUT2D eigenvalue weighted by Gasteiger charge is -2.30.